The van der Waals surface area contributed by atoms with Crippen molar-refractivity contribution in [2.24, 2.45) is 0 Å². The lowest BCUT2D eigenvalue weighted by Gasteiger charge is -2.12. The van der Waals surface area contributed by atoms with Crippen LogP contribution in [0, 0.1) is 25.1 Å². The summed E-state index contributed by atoms with van der Waals surface area (Å²) in [7, 11) is 0. The Bertz CT molecular complexity index is 631. The van der Waals surface area contributed by atoms with Crippen LogP contribution in [0.15, 0.2) is 42.5 Å². The summed E-state index contributed by atoms with van der Waals surface area (Å²) in [4.78, 5) is 0. The molecule has 20 heavy (non-hydrogen) atoms. The number of ether oxygens (including phenoxy) is 1. The summed E-state index contributed by atoms with van der Waals surface area (Å²) < 4.78 is 19.2. The minimum Gasteiger partial charge on any atom is -0.481 e. The van der Waals surface area contributed by atoms with E-state index in [4.69, 9.17) is 11.2 Å². The summed E-state index contributed by atoms with van der Waals surface area (Å²) in [5, 5.41) is 3.07. The monoisotopic (exact) mass is 269 g/mol. The number of benzene rings is 2. The lowest BCUT2D eigenvalue weighted by atomic mass is 10.2. The highest BCUT2D eigenvalue weighted by Gasteiger charge is 2.05. The first-order valence-corrected chi connectivity index (χ1v) is 6.35. The van der Waals surface area contributed by atoms with Gasteiger partial charge >= 0.3 is 0 Å². The Labute approximate surface area is 118 Å². The van der Waals surface area contributed by atoms with Crippen molar-refractivity contribution in [3.63, 3.8) is 0 Å². The number of hydrogen-bond donors (Lipinski definition) is 1. The molecule has 0 aliphatic heterocycles. The van der Waals surface area contributed by atoms with E-state index in [1.165, 1.54) is 6.07 Å². The molecule has 0 aliphatic carbocycles. The van der Waals surface area contributed by atoms with Crippen molar-refractivity contribution < 1.29 is 9.13 Å². The van der Waals surface area contributed by atoms with Crippen LogP contribution >= 0.6 is 0 Å². The SMILES string of the molecule is C#CCOc1ccccc1CNc1ccc(C)cc1F. The van der Waals surface area contributed by atoms with E-state index in [-0.39, 0.29) is 12.4 Å². The maximum absolute atomic E-state index is 13.7. The van der Waals surface area contributed by atoms with E-state index >= 15 is 0 Å². The van der Waals surface area contributed by atoms with Crippen LogP contribution in [0.1, 0.15) is 11.1 Å². The summed E-state index contributed by atoms with van der Waals surface area (Å²) in [6.07, 6.45) is 5.19. The van der Waals surface area contributed by atoms with Crippen LogP contribution in [0.2, 0.25) is 0 Å². The quantitative estimate of drug-likeness (QED) is 0.834. The second kappa shape index (κ2) is 6.63. The zero-order valence-electron chi connectivity index (χ0n) is 11.3. The van der Waals surface area contributed by atoms with Crippen molar-refractivity contribution in [1.29, 1.82) is 0 Å². The Morgan fingerprint density at radius 1 is 1.25 bits per heavy atom. The molecule has 0 saturated carbocycles. The predicted octanol–water partition coefficient (Wildman–Crippen LogP) is 3.76. The first-order chi connectivity index (χ1) is 9.70. The molecular weight excluding hydrogens is 253 g/mol. The fraction of sp³-hybridized carbons (Fsp3) is 0.176. The van der Waals surface area contributed by atoms with Gasteiger partial charge in [0.2, 0.25) is 0 Å². The third kappa shape index (κ3) is 3.52. The van der Waals surface area contributed by atoms with Crippen LogP contribution in [-0.4, -0.2) is 6.61 Å². The maximum Gasteiger partial charge on any atom is 0.148 e. The average molecular weight is 269 g/mol. The van der Waals surface area contributed by atoms with Crippen molar-refractivity contribution in [1.82, 2.24) is 0 Å². The van der Waals surface area contributed by atoms with Crippen LogP contribution in [0.5, 0.6) is 5.75 Å². The maximum atomic E-state index is 13.7. The van der Waals surface area contributed by atoms with Gasteiger partial charge in [0.1, 0.15) is 18.2 Å². The normalized spacial score (nSPS) is 9.85. The number of hydrogen-bond acceptors (Lipinski definition) is 2. The van der Waals surface area contributed by atoms with Gasteiger partial charge in [-0.3, -0.25) is 0 Å². The van der Waals surface area contributed by atoms with Crippen molar-refractivity contribution in [2.75, 3.05) is 11.9 Å². The minimum atomic E-state index is -0.257. The molecule has 0 amide bonds. The molecule has 0 saturated heterocycles. The molecule has 2 aromatic carbocycles. The number of anilines is 1. The molecule has 0 aromatic heterocycles. The zero-order chi connectivity index (χ0) is 14.4. The molecule has 0 radical (unpaired) electrons. The van der Waals surface area contributed by atoms with Crippen LogP contribution in [-0.2, 0) is 6.54 Å². The van der Waals surface area contributed by atoms with Gasteiger partial charge in [-0.15, -0.1) is 6.42 Å². The smallest absolute Gasteiger partial charge is 0.148 e. The van der Waals surface area contributed by atoms with Crippen molar-refractivity contribution in [3.8, 4) is 18.1 Å². The molecule has 0 spiro atoms. The number of nitrogens with one attached hydrogen (secondary N) is 1. The predicted molar refractivity (Wildman–Crippen MR) is 79.2 cm³/mol. The van der Waals surface area contributed by atoms with E-state index < -0.39 is 0 Å². The third-order valence-corrected chi connectivity index (χ3v) is 2.88. The Hall–Kier alpha value is -2.47. The van der Waals surface area contributed by atoms with E-state index in [2.05, 4.69) is 11.2 Å². The topological polar surface area (TPSA) is 21.3 Å². The van der Waals surface area contributed by atoms with Gasteiger partial charge in [0.05, 0.1) is 5.69 Å². The number of halogens is 1. The number of aryl methyl sites for hydroxylation is 1. The largest absolute Gasteiger partial charge is 0.481 e. The van der Waals surface area contributed by atoms with Gasteiger partial charge in [-0.25, -0.2) is 4.39 Å². The molecule has 1 N–H and O–H groups in total. The zero-order valence-corrected chi connectivity index (χ0v) is 11.3. The standard InChI is InChI=1S/C17H16FNO/c1-3-10-20-17-7-5-4-6-14(17)12-19-16-9-8-13(2)11-15(16)18/h1,4-9,11,19H,10,12H2,2H3. The number of rotatable bonds is 5. The fourth-order valence-corrected chi connectivity index (χ4v) is 1.86. The highest BCUT2D eigenvalue weighted by molar-refractivity contribution is 5.47. The first kappa shape index (κ1) is 14.0. The summed E-state index contributed by atoms with van der Waals surface area (Å²) >= 11 is 0. The molecule has 0 aliphatic rings. The summed E-state index contributed by atoms with van der Waals surface area (Å²) in [6.45, 7) is 2.55. The van der Waals surface area contributed by atoms with E-state index in [1.54, 1.807) is 6.07 Å². The van der Waals surface area contributed by atoms with Gasteiger partial charge in [0.25, 0.3) is 0 Å². The molecule has 2 nitrogen and oxygen atoms in total. The second-order valence-electron chi connectivity index (χ2n) is 4.44. The Kier molecular flexibility index (Phi) is 4.62. The van der Waals surface area contributed by atoms with Gasteiger partial charge in [-0.05, 0) is 30.7 Å². The molecule has 0 atom stereocenters. The third-order valence-electron chi connectivity index (χ3n) is 2.88. The molecule has 102 valence electrons. The van der Waals surface area contributed by atoms with Crippen LogP contribution in [0.25, 0.3) is 0 Å². The molecule has 3 heteroatoms. The average Bonchev–Trinajstić information content (AvgIpc) is 2.45. The highest BCUT2D eigenvalue weighted by atomic mass is 19.1. The molecule has 0 bridgehead atoms. The lowest BCUT2D eigenvalue weighted by Crippen LogP contribution is -2.04. The number of terminal acetylenes is 1. The Morgan fingerprint density at radius 3 is 2.80 bits per heavy atom. The van der Waals surface area contributed by atoms with Gasteiger partial charge in [0.15, 0.2) is 0 Å². The van der Waals surface area contributed by atoms with Crippen LogP contribution < -0.4 is 10.1 Å². The summed E-state index contributed by atoms with van der Waals surface area (Å²) in [5.74, 6) is 2.89. The van der Waals surface area contributed by atoms with Crippen molar-refractivity contribution >= 4 is 5.69 Å². The van der Waals surface area contributed by atoms with Gasteiger partial charge < -0.3 is 10.1 Å². The first-order valence-electron chi connectivity index (χ1n) is 6.35. The van der Waals surface area contributed by atoms with E-state index in [0.717, 1.165) is 11.1 Å². The second-order valence-corrected chi connectivity index (χ2v) is 4.44. The molecule has 2 aromatic rings. The van der Waals surface area contributed by atoms with Crippen molar-refractivity contribution in [2.45, 2.75) is 13.5 Å². The van der Waals surface area contributed by atoms with Gasteiger partial charge in [-0.2, -0.15) is 0 Å². The fourth-order valence-electron chi connectivity index (χ4n) is 1.86. The van der Waals surface area contributed by atoms with E-state index in [0.29, 0.717) is 18.0 Å². The van der Waals surface area contributed by atoms with Gasteiger partial charge in [-0.1, -0.05) is 30.2 Å². The van der Waals surface area contributed by atoms with E-state index in [9.17, 15) is 4.39 Å². The Balaban J connectivity index is 2.09. The van der Waals surface area contributed by atoms with Crippen LogP contribution in [0.4, 0.5) is 10.1 Å². The molecular formula is C17H16FNO. The summed E-state index contributed by atoms with van der Waals surface area (Å²) in [6, 6.07) is 12.7. The molecule has 0 unspecified atom stereocenters. The summed E-state index contributed by atoms with van der Waals surface area (Å²) in [5.41, 5.74) is 2.30. The minimum absolute atomic E-state index is 0.218. The molecule has 0 heterocycles. The Morgan fingerprint density at radius 2 is 2.05 bits per heavy atom. The van der Waals surface area contributed by atoms with Gasteiger partial charge in [0, 0.05) is 12.1 Å². The molecule has 2 rings (SSSR count). The van der Waals surface area contributed by atoms with Crippen molar-refractivity contribution in [3.05, 3.63) is 59.4 Å². The van der Waals surface area contributed by atoms with Crippen LogP contribution in [0.3, 0.4) is 0 Å². The molecule has 0 fully saturated rings. The van der Waals surface area contributed by atoms with E-state index in [1.807, 2.05) is 37.3 Å². The highest BCUT2D eigenvalue weighted by Crippen LogP contribution is 2.21. The lowest BCUT2D eigenvalue weighted by molar-refractivity contribution is 0.366. The number of para-hydroxylation sites is 1.